The van der Waals surface area contributed by atoms with Gasteiger partial charge in [0.15, 0.2) is 0 Å². The molecule has 0 bridgehead atoms. The Morgan fingerprint density at radius 3 is 2.72 bits per heavy atom. The molecule has 1 heterocycles. The Morgan fingerprint density at radius 1 is 1.33 bits per heavy atom. The third-order valence-electron chi connectivity index (χ3n) is 4.22. The molecule has 2 rings (SSSR count). The van der Waals surface area contributed by atoms with Crippen molar-refractivity contribution in [2.45, 2.75) is 52.1 Å². The molecule has 0 aromatic heterocycles. The molecule has 0 aromatic carbocycles. The lowest BCUT2D eigenvalue weighted by Crippen LogP contribution is -2.58. The summed E-state index contributed by atoms with van der Waals surface area (Å²) in [5.41, 5.74) is 0. The summed E-state index contributed by atoms with van der Waals surface area (Å²) in [5.74, 6) is 1.74. The fourth-order valence-electron chi connectivity index (χ4n) is 3.07. The summed E-state index contributed by atoms with van der Waals surface area (Å²) in [6.45, 7) is 12.0. The summed E-state index contributed by atoms with van der Waals surface area (Å²) >= 11 is 0. The van der Waals surface area contributed by atoms with Crippen LogP contribution < -0.4 is 5.32 Å². The Kier molecular flexibility index (Phi) is 5.46. The highest BCUT2D eigenvalue weighted by Gasteiger charge is 2.36. The van der Waals surface area contributed by atoms with Crippen molar-refractivity contribution in [3.63, 3.8) is 0 Å². The molecule has 2 fully saturated rings. The summed E-state index contributed by atoms with van der Waals surface area (Å²) in [6.07, 6.45) is 4.17. The van der Waals surface area contributed by atoms with Crippen molar-refractivity contribution in [3.05, 3.63) is 0 Å². The molecule has 0 radical (unpaired) electrons. The monoisotopic (exact) mass is 254 g/mol. The lowest BCUT2D eigenvalue weighted by Gasteiger charge is -2.41. The van der Waals surface area contributed by atoms with Crippen molar-refractivity contribution in [1.82, 2.24) is 10.2 Å². The van der Waals surface area contributed by atoms with E-state index < -0.39 is 0 Å². The highest BCUT2D eigenvalue weighted by atomic mass is 16.5. The second-order valence-corrected chi connectivity index (χ2v) is 6.33. The van der Waals surface area contributed by atoms with E-state index in [9.17, 15) is 0 Å². The van der Waals surface area contributed by atoms with Crippen molar-refractivity contribution >= 4 is 0 Å². The van der Waals surface area contributed by atoms with Crippen LogP contribution in [0.3, 0.4) is 0 Å². The van der Waals surface area contributed by atoms with E-state index >= 15 is 0 Å². The second-order valence-electron chi connectivity index (χ2n) is 6.33. The van der Waals surface area contributed by atoms with E-state index in [0.717, 1.165) is 37.6 Å². The molecule has 18 heavy (non-hydrogen) atoms. The first-order valence-electron chi connectivity index (χ1n) is 7.75. The van der Waals surface area contributed by atoms with Gasteiger partial charge in [-0.05, 0) is 38.0 Å². The Morgan fingerprint density at radius 2 is 2.11 bits per heavy atom. The minimum Gasteiger partial charge on any atom is -0.380 e. The molecule has 3 heteroatoms. The van der Waals surface area contributed by atoms with Crippen LogP contribution in [-0.4, -0.2) is 49.8 Å². The molecular weight excluding hydrogens is 224 g/mol. The van der Waals surface area contributed by atoms with Crippen LogP contribution >= 0.6 is 0 Å². The first kappa shape index (κ1) is 14.3. The van der Waals surface area contributed by atoms with Gasteiger partial charge in [-0.25, -0.2) is 0 Å². The molecule has 1 aliphatic heterocycles. The van der Waals surface area contributed by atoms with Gasteiger partial charge >= 0.3 is 0 Å². The molecule has 0 spiro atoms. The van der Waals surface area contributed by atoms with Gasteiger partial charge in [0, 0.05) is 38.3 Å². The van der Waals surface area contributed by atoms with Gasteiger partial charge in [-0.3, -0.25) is 4.90 Å². The Hall–Kier alpha value is -0.120. The van der Waals surface area contributed by atoms with Crippen molar-refractivity contribution in [2.24, 2.45) is 11.8 Å². The average Bonchev–Trinajstić information content (AvgIpc) is 3.15. The SMILES string of the molecule is CCOCCN1CC(C2CC2)NCC1CC(C)C. The van der Waals surface area contributed by atoms with E-state index in [0.29, 0.717) is 6.04 Å². The topological polar surface area (TPSA) is 24.5 Å². The number of piperazine rings is 1. The normalized spacial score (nSPS) is 30.0. The van der Waals surface area contributed by atoms with Gasteiger partial charge in [0.1, 0.15) is 0 Å². The van der Waals surface area contributed by atoms with Crippen molar-refractivity contribution in [1.29, 1.82) is 0 Å². The van der Waals surface area contributed by atoms with Crippen LogP contribution in [0.25, 0.3) is 0 Å². The van der Waals surface area contributed by atoms with E-state index in [2.05, 4.69) is 31.0 Å². The van der Waals surface area contributed by atoms with E-state index in [1.807, 2.05) is 0 Å². The molecule has 1 saturated heterocycles. The molecule has 106 valence electrons. The maximum absolute atomic E-state index is 5.54. The van der Waals surface area contributed by atoms with Crippen LogP contribution in [0.15, 0.2) is 0 Å². The van der Waals surface area contributed by atoms with Crippen LogP contribution in [0, 0.1) is 11.8 Å². The third kappa shape index (κ3) is 4.22. The van der Waals surface area contributed by atoms with Gasteiger partial charge in [0.25, 0.3) is 0 Å². The molecule has 1 aliphatic carbocycles. The molecule has 3 nitrogen and oxygen atoms in total. The van der Waals surface area contributed by atoms with Gasteiger partial charge in [0.05, 0.1) is 6.61 Å². The van der Waals surface area contributed by atoms with Crippen LogP contribution in [0.1, 0.15) is 40.0 Å². The van der Waals surface area contributed by atoms with Crippen molar-refractivity contribution in [2.75, 3.05) is 32.8 Å². The average molecular weight is 254 g/mol. The molecule has 2 unspecified atom stereocenters. The van der Waals surface area contributed by atoms with E-state index in [4.69, 9.17) is 4.74 Å². The minimum absolute atomic E-state index is 0.709. The zero-order valence-corrected chi connectivity index (χ0v) is 12.3. The van der Waals surface area contributed by atoms with Gasteiger partial charge in [0.2, 0.25) is 0 Å². The fourth-order valence-corrected chi connectivity index (χ4v) is 3.07. The Labute approximate surface area is 112 Å². The van der Waals surface area contributed by atoms with E-state index in [1.54, 1.807) is 0 Å². The zero-order valence-electron chi connectivity index (χ0n) is 12.3. The van der Waals surface area contributed by atoms with Gasteiger partial charge in [-0.15, -0.1) is 0 Å². The third-order valence-corrected chi connectivity index (χ3v) is 4.22. The van der Waals surface area contributed by atoms with Crippen LogP contribution in [0.4, 0.5) is 0 Å². The molecule has 1 saturated carbocycles. The standard InChI is InChI=1S/C15H30N2O/c1-4-18-8-7-17-11-15(13-5-6-13)16-10-14(17)9-12(2)3/h12-16H,4-11H2,1-3H3. The molecular formula is C15H30N2O. The maximum Gasteiger partial charge on any atom is 0.0593 e. The quantitative estimate of drug-likeness (QED) is 0.704. The number of rotatable bonds is 7. The first-order chi connectivity index (χ1) is 8.70. The van der Waals surface area contributed by atoms with Crippen LogP contribution in [-0.2, 0) is 4.74 Å². The van der Waals surface area contributed by atoms with E-state index in [1.165, 1.54) is 32.4 Å². The van der Waals surface area contributed by atoms with Gasteiger partial charge < -0.3 is 10.1 Å². The van der Waals surface area contributed by atoms with Gasteiger partial charge in [-0.2, -0.15) is 0 Å². The highest BCUT2D eigenvalue weighted by molar-refractivity contribution is 4.94. The fraction of sp³-hybridized carbons (Fsp3) is 1.00. The molecule has 1 N–H and O–H groups in total. The zero-order chi connectivity index (χ0) is 13.0. The summed E-state index contributed by atoms with van der Waals surface area (Å²) in [4.78, 5) is 2.68. The first-order valence-corrected chi connectivity index (χ1v) is 7.75. The smallest absolute Gasteiger partial charge is 0.0593 e. The number of nitrogens with one attached hydrogen (secondary N) is 1. The molecule has 0 amide bonds. The Balaban J connectivity index is 1.83. The Bertz CT molecular complexity index is 241. The maximum atomic E-state index is 5.54. The predicted octanol–water partition coefficient (Wildman–Crippen LogP) is 2.12. The largest absolute Gasteiger partial charge is 0.380 e. The molecule has 0 aromatic rings. The van der Waals surface area contributed by atoms with Crippen LogP contribution in [0.5, 0.6) is 0 Å². The summed E-state index contributed by atoms with van der Waals surface area (Å²) in [7, 11) is 0. The van der Waals surface area contributed by atoms with E-state index in [-0.39, 0.29) is 0 Å². The minimum atomic E-state index is 0.709. The molecule has 2 atom stereocenters. The summed E-state index contributed by atoms with van der Waals surface area (Å²) in [5, 5.41) is 3.77. The summed E-state index contributed by atoms with van der Waals surface area (Å²) in [6, 6.07) is 1.45. The number of ether oxygens (including phenoxy) is 1. The lowest BCUT2D eigenvalue weighted by molar-refractivity contribution is 0.0597. The van der Waals surface area contributed by atoms with Crippen molar-refractivity contribution < 1.29 is 4.74 Å². The number of hydrogen-bond acceptors (Lipinski definition) is 3. The number of nitrogens with zero attached hydrogens (tertiary/aromatic N) is 1. The second kappa shape index (κ2) is 6.88. The van der Waals surface area contributed by atoms with Gasteiger partial charge in [-0.1, -0.05) is 13.8 Å². The lowest BCUT2D eigenvalue weighted by atomic mass is 9.98. The molecule has 2 aliphatic rings. The van der Waals surface area contributed by atoms with Crippen molar-refractivity contribution in [3.8, 4) is 0 Å². The van der Waals surface area contributed by atoms with Crippen LogP contribution in [0.2, 0.25) is 0 Å². The number of hydrogen-bond donors (Lipinski definition) is 1. The summed E-state index contributed by atoms with van der Waals surface area (Å²) < 4.78 is 5.54. The highest BCUT2D eigenvalue weighted by Crippen LogP contribution is 2.34. The predicted molar refractivity (Wildman–Crippen MR) is 75.8 cm³/mol.